The van der Waals surface area contributed by atoms with Gasteiger partial charge < -0.3 is 14.9 Å². The summed E-state index contributed by atoms with van der Waals surface area (Å²) in [4.78, 5) is 31.4. The molecule has 2 aromatic rings. The van der Waals surface area contributed by atoms with Crippen molar-refractivity contribution in [1.29, 1.82) is 0 Å². The van der Waals surface area contributed by atoms with Gasteiger partial charge in [0.05, 0.1) is 0 Å². The zero-order valence-electron chi connectivity index (χ0n) is 13.1. The summed E-state index contributed by atoms with van der Waals surface area (Å²) in [5.74, 6) is -2.32. The lowest BCUT2D eigenvalue weighted by Crippen LogP contribution is -2.06. The van der Waals surface area contributed by atoms with Crippen molar-refractivity contribution in [1.82, 2.24) is 0 Å². The van der Waals surface area contributed by atoms with Crippen molar-refractivity contribution in [2.75, 3.05) is 0 Å². The van der Waals surface area contributed by atoms with Gasteiger partial charge in [0.1, 0.15) is 11.3 Å². The van der Waals surface area contributed by atoms with Gasteiger partial charge in [0, 0.05) is 13.3 Å². The molecule has 0 heterocycles. The highest BCUT2D eigenvalue weighted by Crippen LogP contribution is 2.17. The Kier molecular flexibility index (Phi) is 7.70. The molecule has 24 heavy (non-hydrogen) atoms. The summed E-state index contributed by atoms with van der Waals surface area (Å²) in [5.41, 5.74) is 1.06. The van der Waals surface area contributed by atoms with Gasteiger partial charge in [-0.15, -0.1) is 0 Å². The van der Waals surface area contributed by atoms with Gasteiger partial charge in [-0.2, -0.15) is 0 Å². The Morgan fingerprint density at radius 3 is 2.04 bits per heavy atom. The molecule has 0 unspecified atom stereocenters. The van der Waals surface area contributed by atoms with Gasteiger partial charge in [0.25, 0.3) is 0 Å². The predicted molar refractivity (Wildman–Crippen MR) is 87.1 cm³/mol. The fourth-order valence-electron chi connectivity index (χ4n) is 1.78. The number of rotatable bonds is 5. The second-order valence-electron chi connectivity index (χ2n) is 4.77. The highest BCUT2D eigenvalue weighted by Gasteiger charge is 2.10. The summed E-state index contributed by atoms with van der Waals surface area (Å²) < 4.78 is 4.69. The van der Waals surface area contributed by atoms with E-state index in [0.29, 0.717) is 6.42 Å². The first-order valence-electron chi connectivity index (χ1n) is 7.16. The SMILES string of the molecule is CC(=O)Oc1ccccc1C(=O)O.O=C(O)CCc1ccccc1. The Hall–Kier alpha value is -3.15. The van der Waals surface area contributed by atoms with Crippen LogP contribution in [0, 0.1) is 0 Å². The number of carboxylic acid groups (broad SMARTS) is 2. The maximum atomic E-state index is 10.6. The summed E-state index contributed by atoms with van der Waals surface area (Å²) in [6.45, 7) is 1.22. The quantitative estimate of drug-likeness (QED) is 0.645. The molecule has 0 aliphatic carbocycles. The number of carboxylic acids is 2. The van der Waals surface area contributed by atoms with Crippen LogP contribution in [0.1, 0.15) is 29.3 Å². The van der Waals surface area contributed by atoms with Crippen LogP contribution in [0.5, 0.6) is 5.75 Å². The zero-order chi connectivity index (χ0) is 17.9. The monoisotopic (exact) mass is 330 g/mol. The maximum Gasteiger partial charge on any atom is 0.339 e. The number of carbonyl (C=O) groups excluding carboxylic acids is 1. The number of carbonyl (C=O) groups is 3. The normalized spacial score (nSPS) is 9.38. The van der Waals surface area contributed by atoms with Gasteiger partial charge in [-0.25, -0.2) is 4.79 Å². The first kappa shape index (κ1) is 18.9. The van der Waals surface area contributed by atoms with Crippen molar-refractivity contribution in [3.63, 3.8) is 0 Å². The number of aliphatic carboxylic acids is 1. The second kappa shape index (κ2) is 9.78. The molecule has 2 rings (SSSR count). The van der Waals surface area contributed by atoms with E-state index >= 15 is 0 Å². The molecule has 0 radical (unpaired) electrons. The fraction of sp³-hybridized carbons (Fsp3) is 0.167. The minimum atomic E-state index is -1.11. The van der Waals surface area contributed by atoms with E-state index in [2.05, 4.69) is 4.74 Å². The van der Waals surface area contributed by atoms with Crippen LogP contribution in [0.15, 0.2) is 54.6 Å². The van der Waals surface area contributed by atoms with Crippen LogP contribution in [-0.2, 0) is 16.0 Å². The molecule has 0 aromatic heterocycles. The van der Waals surface area contributed by atoms with E-state index in [0.717, 1.165) is 5.56 Å². The van der Waals surface area contributed by atoms with Crippen molar-refractivity contribution < 1.29 is 29.3 Å². The first-order valence-corrected chi connectivity index (χ1v) is 7.16. The Labute approximate surface area is 139 Å². The molecule has 0 aliphatic rings. The Morgan fingerprint density at radius 1 is 0.917 bits per heavy atom. The topological polar surface area (TPSA) is 101 Å². The van der Waals surface area contributed by atoms with Gasteiger partial charge in [0.2, 0.25) is 0 Å². The van der Waals surface area contributed by atoms with E-state index < -0.39 is 17.9 Å². The average Bonchev–Trinajstić information content (AvgIpc) is 2.54. The summed E-state index contributed by atoms with van der Waals surface area (Å²) in [6, 6.07) is 15.6. The Morgan fingerprint density at radius 2 is 1.50 bits per heavy atom. The third kappa shape index (κ3) is 7.22. The molecule has 2 N–H and O–H groups in total. The van der Waals surface area contributed by atoms with E-state index in [-0.39, 0.29) is 17.7 Å². The number of esters is 1. The van der Waals surface area contributed by atoms with Crippen LogP contribution in [0.25, 0.3) is 0 Å². The van der Waals surface area contributed by atoms with Gasteiger partial charge in [-0.1, -0.05) is 42.5 Å². The molecule has 0 bridgehead atoms. The highest BCUT2D eigenvalue weighted by molar-refractivity contribution is 5.91. The number of aromatic carboxylic acids is 1. The van der Waals surface area contributed by atoms with Crippen LogP contribution in [-0.4, -0.2) is 28.1 Å². The molecule has 0 spiro atoms. The number of para-hydroxylation sites is 1. The first-order chi connectivity index (χ1) is 11.4. The standard InChI is InChI=1S/C9H8O4.C9H10O2/c1-6(10)13-8-5-3-2-4-7(8)9(11)12;10-9(11)7-6-8-4-2-1-3-5-8/h2-5H,1H3,(H,11,12);1-5H,6-7H2,(H,10,11). The van der Waals surface area contributed by atoms with Crippen molar-refractivity contribution in [3.05, 3.63) is 65.7 Å². The molecule has 2 aromatic carbocycles. The molecular formula is C18H18O6. The fourth-order valence-corrected chi connectivity index (χ4v) is 1.78. The van der Waals surface area contributed by atoms with Gasteiger partial charge in [-0.05, 0) is 24.1 Å². The van der Waals surface area contributed by atoms with E-state index in [1.807, 2.05) is 30.3 Å². The smallest absolute Gasteiger partial charge is 0.339 e. The van der Waals surface area contributed by atoms with Crippen LogP contribution in [0.3, 0.4) is 0 Å². The Balaban J connectivity index is 0.000000243. The van der Waals surface area contributed by atoms with Crippen molar-refractivity contribution in [3.8, 4) is 5.75 Å². The third-order valence-corrected chi connectivity index (χ3v) is 2.84. The molecule has 0 atom stereocenters. The van der Waals surface area contributed by atoms with Crippen LogP contribution in [0.2, 0.25) is 0 Å². The number of aryl methyl sites for hydroxylation is 1. The van der Waals surface area contributed by atoms with Gasteiger partial charge >= 0.3 is 17.9 Å². The zero-order valence-corrected chi connectivity index (χ0v) is 13.1. The minimum Gasteiger partial charge on any atom is -0.481 e. The minimum absolute atomic E-state index is 0.0160. The molecule has 0 amide bonds. The molecule has 6 heteroatoms. The lowest BCUT2D eigenvalue weighted by atomic mass is 10.1. The maximum absolute atomic E-state index is 10.6. The summed E-state index contributed by atoms with van der Waals surface area (Å²) in [7, 11) is 0. The highest BCUT2D eigenvalue weighted by atomic mass is 16.5. The molecule has 0 saturated heterocycles. The van der Waals surface area contributed by atoms with E-state index in [4.69, 9.17) is 10.2 Å². The van der Waals surface area contributed by atoms with Crippen molar-refractivity contribution in [2.45, 2.75) is 19.8 Å². The van der Waals surface area contributed by atoms with Crippen molar-refractivity contribution >= 4 is 17.9 Å². The van der Waals surface area contributed by atoms with Gasteiger partial charge in [-0.3, -0.25) is 9.59 Å². The molecule has 6 nitrogen and oxygen atoms in total. The van der Waals surface area contributed by atoms with Crippen molar-refractivity contribution in [2.24, 2.45) is 0 Å². The largest absolute Gasteiger partial charge is 0.481 e. The molecule has 126 valence electrons. The number of hydrogen-bond acceptors (Lipinski definition) is 4. The van der Waals surface area contributed by atoms with Gasteiger partial charge in [0.15, 0.2) is 0 Å². The lowest BCUT2D eigenvalue weighted by Gasteiger charge is -2.03. The van der Waals surface area contributed by atoms with Crippen LogP contribution >= 0.6 is 0 Å². The van der Waals surface area contributed by atoms with E-state index in [1.54, 1.807) is 12.1 Å². The lowest BCUT2D eigenvalue weighted by molar-refractivity contribution is -0.137. The number of benzene rings is 2. The molecule has 0 saturated carbocycles. The van der Waals surface area contributed by atoms with Crippen LogP contribution in [0.4, 0.5) is 0 Å². The summed E-state index contributed by atoms with van der Waals surface area (Å²) in [6.07, 6.45) is 0.834. The summed E-state index contributed by atoms with van der Waals surface area (Å²) >= 11 is 0. The summed E-state index contributed by atoms with van der Waals surface area (Å²) in [5, 5.41) is 17.1. The number of hydrogen-bond donors (Lipinski definition) is 2. The Bertz CT molecular complexity index is 694. The predicted octanol–water partition coefficient (Wildman–Crippen LogP) is 3.01. The molecular weight excluding hydrogens is 312 g/mol. The molecule has 0 aliphatic heterocycles. The van der Waals surface area contributed by atoms with E-state index in [1.165, 1.54) is 19.1 Å². The van der Waals surface area contributed by atoms with E-state index in [9.17, 15) is 14.4 Å². The second-order valence-corrected chi connectivity index (χ2v) is 4.77. The van der Waals surface area contributed by atoms with Crippen LogP contribution < -0.4 is 4.74 Å². The average molecular weight is 330 g/mol. The third-order valence-electron chi connectivity index (χ3n) is 2.84. The molecule has 0 fully saturated rings. The number of ether oxygens (including phenoxy) is 1.